The molecule has 146 valence electrons. The second kappa shape index (κ2) is 7.20. The lowest BCUT2D eigenvalue weighted by Gasteiger charge is -2.28. The third-order valence-corrected chi connectivity index (χ3v) is 4.19. The molecule has 1 amide bonds. The zero-order valence-electron chi connectivity index (χ0n) is 14.3. The van der Waals surface area contributed by atoms with Crippen molar-refractivity contribution in [3.8, 4) is 16.9 Å². The van der Waals surface area contributed by atoms with Crippen LogP contribution in [0.1, 0.15) is 12.5 Å². The number of hydrogen-bond donors (Lipinski definition) is 2. The number of halogens is 4. The highest BCUT2D eigenvalue weighted by Gasteiger charge is 2.48. The zero-order chi connectivity index (χ0) is 20.6. The van der Waals surface area contributed by atoms with Crippen LogP contribution in [0.15, 0.2) is 42.0 Å². The second-order valence-corrected chi connectivity index (χ2v) is 6.51. The minimum atomic E-state index is -4.91. The summed E-state index contributed by atoms with van der Waals surface area (Å²) in [5.41, 5.74) is 0.475. The number of carbonyl (C=O) groups excluding carboxylic acids is 1. The molecule has 0 saturated carbocycles. The van der Waals surface area contributed by atoms with Crippen molar-refractivity contribution in [2.75, 3.05) is 5.32 Å². The van der Waals surface area contributed by atoms with Gasteiger partial charge in [-0.2, -0.15) is 13.2 Å². The molecule has 2 N–H and O–H groups in total. The Balaban J connectivity index is 2.12. The summed E-state index contributed by atoms with van der Waals surface area (Å²) in [6.07, 6.45) is -6.59. The summed E-state index contributed by atoms with van der Waals surface area (Å²) in [7, 11) is 0. The Morgan fingerprint density at radius 3 is 2.36 bits per heavy atom. The van der Waals surface area contributed by atoms with Crippen molar-refractivity contribution in [3.63, 3.8) is 0 Å². The summed E-state index contributed by atoms with van der Waals surface area (Å²) < 4.78 is 45.1. The summed E-state index contributed by atoms with van der Waals surface area (Å²) >= 11 is 6.07. The molecule has 0 fully saturated rings. The molecule has 1 aliphatic rings. The van der Waals surface area contributed by atoms with Crippen LogP contribution in [0.3, 0.4) is 0 Å². The lowest BCUT2D eigenvalue weighted by molar-refractivity contribution is -0.187. The fourth-order valence-electron chi connectivity index (χ4n) is 2.85. The van der Waals surface area contributed by atoms with E-state index in [-0.39, 0.29) is 27.8 Å². The molecule has 0 aliphatic carbocycles. The van der Waals surface area contributed by atoms with Crippen LogP contribution in [-0.2, 0) is 9.59 Å². The van der Waals surface area contributed by atoms with E-state index in [1.165, 1.54) is 19.1 Å². The molecule has 0 bridgehead atoms. The molecule has 1 aliphatic heterocycles. The van der Waals surface area contributed by atoms with Gasteiger partial charge in [-0.15, -0.1) is 0 Å². The van der Waals surface area contributed by atoms with E-state index in [1.807, 2.05) is 0 Å². The first-order chi connectivity index (χ1) is 13.1. The lowest BCUT2D eigenvalue weighted by atomic mass is 9.95. The predicted octanol–water partition coefficient (Wildman–Crippen LogP) is 4.76. The van der Waals surface area contributed by atoms with Crippen LogP contribution in [0.5, 0.6) is 5.75 Å². The number of nitrogens with one attached hydrogen (secondary N) is 1. The van der Waals surface area contributed by atoms with E-state index in [0.717, 1.165) is 6.08 Å². The topological polar surface area (TPSA) is 75.6 Å². The summed E-state index contributed by atoms with van der Waals surface area (Å²) in [4.78, 5) is 22.4. The van der Waals surface area contributed by atoms with Gasteiger partial charge in [-0.3, -0.25) is 4.79 Å². The van der Waals surface area contributed by atoms with Crippen molar-refractivity contribution < 1.29 is 32.6 Å². The Bertz CT molecular complexity index is 984. The van der Waals surface area contributed by atoms with Gasteiger partial charge >= 0.3 is 12.1 Å². The van der Waals surface area contributed by atoms with Gasteiger partial charge in [0.1, 0.15) is 5.75 Å². The minimum Gasteiger partial charge on any atom is -0.478 e. The van der Waals surface area contributed by atoms with E-state index < -0.39 is 23.8 Å². The summed E-state index contributed by atoms with van der Waals surface area (Å²) in [5.74, 6) is -2.12. The van der Waals surface area contributed by atoms with E-state index in [4.69, 9.17) is 21.4 Å². The van der Waals surface area contributed by atoms with Crippen molar-refractivity contribution in [2.45, 2.75) is 19.2 Å². The number of benzene rings is 2. The monoisotopic (exact) mass is 411 g/mol. The van der Waals surface area contributed by atoms with Gasteiger partial charge in [-0.25, -0.2) is 4.79 Å². The number of hydrogen-bond acceptors (Lipinski definition) is 3. The Kier molecular flexibility index (Phi) is 5.08. The summed E-state index contributed by atoms with van der Waals surface area (Å²) in [6, 6.07) is 9.08. The molecule has 2 aromatic rings. The lowest BCUT2D eigenvalue weighted by Crippen LogP contribution is -2.40. The number of alkyl halides is 3. The largest absolute Gasteiger partial charge is 0.478 e. The second-order valence-electron chi connectivity index (χ2n) is 6.07. The Morgan fingerprint density at radius 1 is 1.18 bits per heavy atom. The number of aliphatic carboxylic acids is 1. The quantitative estimate of drug-likeness (QED) is 0.763. The van der Waals surface area contributed by atoms with Gasteiger partial charge in [0.2, 0.25) is 12.0 Å². The standard InChI is InChI=1S/C19H13ClF3NO4/c1-9(25)24-13-4-2-10(3-5-13)14-8-12(20)6-11-7-15(18(26)27)17(19(21,22)23)28-16(11)14/h2-8,17H,1H3,(H,24,25)(H,26,27). The third kappa shape index (κ3) is 3.96. The highest BCUT2D eigenvalue weighted by Crippen LogP contribution is 2.44. The Labute approximate surface area is 162 Å². The first-order valence-electron chi connectivity index (χ1n) is 7.96. The molecule has 0 saturated heterocycles. The van der Waals surface area contributed by atoms with Gasteiger partial charge < -0.3 is 15.2 Å². The van der Waals surface area contributed by atoms with Crippen molar-refractivity contribution in [1.82, 2.24) is 0 Å². The number of carboxylic acid groups (broad SMARTS) is 1. The SMILES string of the molecule is CC(=O)Nc1ccc(-c2cc(Cl)cc3c2OC(C(F)(F)F)C(C(=O)O)=C3)cc1. The van der Waals surface area contributed by atoms with E-state index in [0.29, 0.717) is 11.3 Å². The molecule has 1 atom stereocenters. The van der Waals surface area contributed by atoms with E-state index in [9.17, 15) is 22.8 Å². The van der Waals surface area contributed by atoms with Crippen LogP contribution >= 0.6 is 11.6 Å². The Morgan fingerprint density at radius 2 is 1.82 bits per heavy atom. The average molecular weight is 412 g/mol. The molecule has 9 heteroatoms. The van der Waals surface area contributed by atoms with E-state index in [2.05, 4.69) is 5.32 Å². The van der Waals surface area contributed by atoms with Crippen molar-refractivity contribution in [2.24, 2.45) is 0 Å². The smallest absolute Gasteiger partial charge is 0.430 e. The molecule has 1 unspecified atom stereocenters. The van der Waals surface area contributed by atoms with Crippen LogP contribution in [0.25, 0.3) is 17.2 Å². The van der Waals surface area contributed by atoms with Crippen molar-refractivity contribution in [1.29, 1.82) is 0 Å². The van der Waals surface area contributed by atoms with Gasteiger partial charge in [-0.05, 0) is 35.9 Å². The van der Waals surface area contributed by atoms with Crippen LogP contribution in [-0.4, -0.2) is 29.3 Å². The van der Waals surface area contributed by atoms with Crippen molar-refractivity contribution in [3.05, 3.63) is 52.6 Å². The number of amides is 1. The molecule has 28 heavy (non-hydrogen) atoms. The van der Waals surface area contributed by atoms with Gasteiger partial charge in [0.25, 0.3) is 0 Å². The van der Waals surface area contributed by atoms with Gasteiger partial charge in [-0.1, -0.05) is 23.7 Å². The fourth-order valence-corrected chi connectivity index (χ4v) is 3.07. The van der Waals surface area contributed by atoms with Crippen LogP contribution in [0, 0.1) is 0 Å². The number of anilines is 1. The summed E-state index contributed by atoms with van der Waals surface area (Å²) in [5, 5.41) is 11.9. The van der Waals surface area contributed by atoms with E-state index >= 15 is 0 Å². The first kappa shape index (κ1) is 19.8. The van der Waals surface area contributed by atoms with Crippen molar-refractivity contribution >= 4 is 35.2 Å². The molecule has 5 nitrogen and oxygen atoms in total. The maximum Gasteiger partial charge on any atom is 0.430 e. The molecule has 0 spiro atoms. The minimum absolute atomic E-state index is 0.121. The summed E-state index contributed by atoms with van der Waals surface area (Å²) in [6.45, 7) is 1.35. The molecule has 2 aromatic carbocycles. The number of fused-ring (bicyclic) bond motifs is 1. The molecule has 1 heterocycles. The predicted molar refractivity (Wildman–Crippen MR) is 97.3 cm³/mol. The number of carboxylic acids is 1. The van der Waals surface area contributed by atoms with Crippen LogP contribution < -0.4 is 10.1 Å². The van der Waals surface area contributed by atoms with Crippen LogP contribution in [0.2, 0.25) is 5.02 Å². The van der Waals surface area contributed by atoms with E-state index in [1.54, 1.807) is 24.3 Å². The molecular weight excluding hydrogens is 399 g/mol. The average Bonchev–Trinajstić information content (AvgIpc) is 2.59. The third-order valence-electron chi connectivity index (χ3n) is 3.97. The van der Waals surface area contributed by atoms with Crippen LogP contribution in [0.4, 0.5) is 18.9 Å². The Hall–Kier alpha value is -3.00. The highest BCUT2D eigenvalue weighted by atomic mass is 35.5. The molecule has 3 rings (SSSR count). The molecular formula is C19H13ClF3NO4. The fraction of sp³-hybridized carbons (Fsp3) is 0.158. The molecule has 0 radical (unpaired) electrons. The maximum absolute atomic E-state index is 13.3. The zero-order valence-corrected chi connectivity index (χ0v) is 15.1. The number of rotatable bonds is 3. The normalized spacial score (nSPS) is 15.9. The number of ether oxygens (including phenoxy) is 1. The number of carbonyl (C=O) groups is 2. The first-order valence-corrected chi connectivity index (χ1v) is 8.34. The highest BCUT2D eigenvalue weighted by molar-refractivity contribution is 6.31. The maximum atomic E-state index is 13.3. The van der Waals surface area contributed by atoms with Gasteiger partial charge in [0, 0.05) is 28.8 Å². The van der Waals surface area contributed by atoms with Gasteiger partial charge in [0.05, 0.1) is 5.57 Å². The van der Waals surface area contributed by atoms with Gasteiger partial charge in [0.15, 0.2) is 0 Å². The molecule has 0 aromatic heterocycles.